The monoisotopic (exact) mass is 270 g/mol. The summed E-state index contributed by atoms with van der Waals surface area (Å²) in [6.45, 7) is 13.0. The first kappa shape index (κ1) is 16.9. The second kappa shape index (κ2) is 8.93. The topological polar surface area (TPSA) is 24.5 Å². The Morgan fingerprint density at radius 1 is 1.26 bits per heavy atom. The largest absolute Gasteiger partial charge is 0.380 e. The molecule has 3 heteroatoms. The van der Waals surface area contributed by atoms with Crippen LogP contribution < -0.4 is 5.32 Å². The van der Waals surface area contributed by atoms with Crippen molar-refractivity contribution in [3.63, 3.8) is 0 Å². The minimum Gasteiger partial charge on any atom is -0.380 e. The van der Waals surface area contributed by atoms with Gasteiger partial charge in [-0.25, -0.2) is 0 Å². The van der Waals surface area contributed by atoms with Gasteiger partial charge in [0.2, 0.25) is 0 Å². The van der Waals surface area contributed by atoms with E-state index in [-0.39, 0.29) is 0 Å². The fourth-order valence-corrected chi connectivity index (χ4v) is 3.41. The molecule has 1 aliphatic carbocycles. The van der Waals surface area contributed by atoms with Crippen molar-refractivity contribution in [1.29, 1.82) is 0 Å². The molecule has 1 saturated carbocycles. The Balaban J connectivity index is 2.60. The molecule has 0 aromatic heterocycles. The van der Waals surface area contributed by atoms with E-state index in [0.29, 0.717) is 12.1 Å². The van der Waals surface area contributed by atoms with Crippen LogP contribution in [-0.4, -0.2) is 50.3 Å². The number of nitrogens with one attached hydrogen (secondary N) is 1. The average molecular weight is 270 g/mol. The van der Waals surface area contributed by atoms with Crippen LogP contribution >= 0.6 is 0 Å². The van der Waals surface area contributed by atoms with Crippen molar-refractivity contribution in [1.82, 2.24) is 10.2 Å². The third-order valence-electron chi connectivity index (χ3n) is 4.77. The first-order valence-electron chi connectivity index (χ1n) is 8.13. The molecule has 0 heterocycles. The minimum atomic E-state index is 0.650. The summed E-state index contributed by atoms with van der Waals surface area (Å²) in [5.41, 5.74) is 0. The van der Waals surface area contributed by atoms with E-state index in [1.54, 1.807) is 0 Å². The number of hydrogen-bond acceptors (Lipinski definition) is 3. The molecule has 0 bridgehead atoms. The lowest BCUT2D eigenvalue weighted by atomic mass is 9.76. The zero-order valence-electron chi connectivity index (χ0n) is 13.6. The normalized spacial score (nSPS) is 28.3. The van der Waals surface area contributed by atoms with Crippen LogP contribution in [0.25, 0.3) is 0 Å². The molecule has 1 rings (SSSR count). The van der Waals surface area contributed by atoms with E-state index in [9.17, 15) is 0 Å². The molecule has 3 unspecified atom stereocenters. The maximum atomic E-state index is 5.54. The first-order chi connectivity index (χ1) is 9.13. The second-order valence-electron chi connectivity index (χ2n) is 6.11. The van der Waals surface area contributed by atoms with Gasteiger partial charge >= 0.3 is 0 Å². The zero-order valence-corrected chi connectivity index (χ0v) is 13.6. The van der Waals surface area contributed by atoms with Gasteiger partial charge < -0.3 is 10.1 Å². The Bertz CT molecular complexity index is 233. The van der Waals surface area contributed by atoms with E-state index in [4.69, 9.17) is 4.74 Å². The fourth-order valence-electron chi connectivity index (χ4n) is 3.41. The first-order valence-corrected chi connectivity index (χ1v) is 8.13. The third kappa shape index (κ3) is 5.05. The number of ether oxygens (including phenoxy) is 1. The quantitative estimate of drug-likeness (QED) is 0.686. The van der Waals surface area contributed by atoms with Crippen molar-refractivity contribution in [2.75, 3.05) is 33.4 Å². The number of nitrogens with zero attached hydrogens (tertiary/aromatic N) is 1. The molecule has 3 nitrogen and oxygen atoms in total. The average Bonchev–Trinajstić information content (AvgIpc) is 2.43. The lowest BCUT2D eigenvalue weighted by Gasteiger charge is -2.43. The molecular formula is C16H34N2O. The maximum absolute atomic E-state index is 5.54. The Morgan fingerprint density at radius 3 is 2.53 bits per heavy atom. The molecule has 0 aliphatic heterocycles. The molecule has 0 saturated heterocycles. The fraction of sp³-hybridized carbons (Fsp3) is 1.00. The van der Waals surface area contributed by atoms with Crippen molar-refractivity contribution >= 4 is 0 Å². The summed E-state index contributed by atoms with van der Waals surface area (Å²) in [7, 11) is 2.11. The summed E-state index contributed by atoms with van der Waals surface area (Å²) in [5.74, 6) is 1.70. The van der Waals surface area contributed by atoms with Crippen molar-refractivity contribution in [3.8, 4) is 0 Å². The van der Waals surface area contributed by atoms with Gasteiger partial charge in [-0.3, -0.25) is 4.90 Å². The molecule has 0 amide bonds. The Hall–Kier alpha value is -0.120. The van der Waals surface area contributed by atoms with Gasteiger partial charge in [0.15, 0.2) is 0 Å². The van der Waals surface area contributed by atoms with Gasteiger partial charge in [-0.1, -0.05) is 20.8 Å². The van der Waals surface area contributed by atoms with Crippen molar-refractivity contribution in [2.24, 2.45) is 11.8 Å². The molecule has 1 fully saturated rings. The van der Waals surface area contributed by atoms with Crippen LogP contribution in [0.4, 0.5) is 0 Å². The summed E-state index contributed by atoms with van der Waals surface area (Å²) in [4.78, 5) is 2.62. The predicted octanol–water partition coefficient (Wildman–Crippen LogP) is 2.76. The predicted molar refractivity (Wildman–Crippen MR) is 82.6 cm³/mol. The highest BCUT2D eigenvalue weighted by molar-refractivity contribution is 4.91. The smallest absolute Gasteiger partial charge is 0.0593 e. The highest BCUT2D eigenvalue weighted by atomic mass is 16.5. The molecule has 1 N–H and O–H groups in total. The number of rotatable bonds is 8. The molecule has 19 heavy (non-hydrogen) atoms. The Morgan fingerprint density at radius 2 is 2.00 bits per heavy atom. The van der Waals surface area contributed by atoms with Gasteiger partial charge in [-0.15, -0.1) is 0 Å². The van der Waals surface area contributed by atoms with E-state index in [2.05, 4.69) is 45.0 Å². The highest BCUT2D eigenvalue weighted by Crippen LogP contribution is 2.32. The molecular weight excluding hydrogens is 236 g/mol. The maximum Gasteiger partial charge on any atom is 0.0593 e. The van der Waals surface area contributed by atoms with Gasteiger partial charge in [-0.2, -0.15) is 0 Å². The van der Waals surface area contributed by atoms with Crippen molar-refractivity contribution < 1.29 is 4.74 Å². The summed E-state index contributed by atoms with van der Waals surface area (Å²) in [5, 5.41) is 3.54. The lowest BCUT2D eigenvalue weighted by Crippen LogP contribution is -2.53. The second-order valence-corrected chi connectivity index (χ2v) is 6.11. The van der Waals surface area contributed by atoms with E-state index in [1.807, 2.05) is 0 Å². The summed E-state index contributed by atoms with van der Waals surface area (Å²) in [6.07, 6.45) is 4.03. The standard InChI is InChI=1S/C16H34N2O/c1-6-18(10-11-19-7-2)16-12-14(13(3)4)8-9-15(16)17-5/h13-17H,6-12H2,1-5H3. The SMILES string of the molecule is CCOCCN(CC)C1CC(C(C)C)CCC1NC. The van der Waals surface area contributed by atoms with Gasteiger partial charge in [0.1, 0.15) is 0 Å². The van der Waals surface area contributed by atoms with E-state index in [0.717, 1.165) is 38.1 Å². The van der Waals surface area contributed by atoms with Crippen LogP contribution in [0.2, 0.25) is 0 Å². The van der Waals surface area contributed by atoms with Crippen molar-refractivity contribution in [3.05, 3.63) is 0 Å². The molecule has 0 spiro atoms. The Kier molecular flexibility index (Phi) is 7.96. The van der Waals surface area contributed by atoms with Crippen LogP contribution in [0, 0.1) is 11.8 Å². The zero-order chi connectivity index (χ0) is 14.3. The van der Waals surface area contributed by atoms with E-state index in [1.165, 1.54) is 19.3 Å². The third-order valence-corrected chi connectivity index (χ3v) is 4.77. The van der Waals surface area contributed by atoms with Crippen LogP contribution in [0.3, 0.4) is 0 Å². The van der Waals surface area contributed by atoms with Gasteiger partial charge in [0.25, 0.3) is 0 Å². The molecule has 114 valence electrons. The van der Waals surface area contributed by atoms with Crippen LogP contribution in [0.1, 0.15) is 47.0 Å². The van der Waals surface area contributed by atoms with E-state index >= 15 is 0 Å². The molecule has 1 aliphatic rings. The van der Waals surface area contributed by atoms with E-state index < -0.39 is 0 Å². The molecule has 0 radical (unpaired) electrons. The summed E-state index contributed by atoms with van der Waals surface area (Å²) < 4.78 is 5.54. The van der Waals surface area contributed by atoms with Gasteiger partial charge in [-0.05, 0) is 51.6 Å². The van der Waals surface area contributed by atoms with Crippen molar-refractivity contribution in [2.45, 2.75) is 59.0 Å². The Labute approximate surface area is 120 Å². The lowest BCUT2D eigenvalue weighted by molar-refractivity contribution is 0.0547. The molecule has 0 aromatic carbocycles. The van der Waals surface area contributed by atoms with Crippen LogP contribution in [0.5, 0.6) is 0 Å². The van der Waals surface area contributed by atoms with Crippen LogP contribution in [-0.2, 0) is 4.74 Å². The van der Waals surface area contributed by atoms with Crippen LogP contribution in [0.15, 0.2) is 0 Å². The van der Waals surface area contributed by atoms with Gasteiger partial charge in [0.05, 0.1) is 6.61 Å². The molecule has 3 atom stereocenters. The number of hydrogen-bond donors (Lipinski definition) is 1. The minimum absolute atomic E-state index is 0.650. The summed E-state index contributed by atoms with van der Waals surface area (Å²) >= 11 is 0. The number of likely N-dealkylation sites (N-methyl/N-ethyl adjacent to an activating group) is 2. The summed E-state index contributed by atoms with van der Waals surface area (Å²) in [6, 6.07) is 1.33. The highest BCUT2D eigenvalue weighted by Gasteiger charge is 2.33. The molecule has 0 aromatic rings. The van der Waals surface area contributed by atoms with Gasteiger partial charge in [0, 0.05) is 25.2 Å².